The van der Waals surface area contributed by atoms with Gasteiger partial charge in [0.2, 0.25) is 0 Å². The second kappa shape index (κ2) is 31.5. The number of aryl methyl sites for hydroxylation is 5. The van der Waals surface area contributed by atoms with E-state index in [0.717, 1.165) is 258 Å². The Balaban J connectivity index is 0.540. The number of hydrogen-bond donors (Lipinski definition) is 6. The normalized spacial score (nSPS) is 23.0. The van der Waals surface area contributed by atoms with Gasteiger partial charge in [-0.15, -0.1) is 0 Å². The van der Waals surface area contributed by atoms with E-state index in [9.17, 15) is 29.7 Å². The third-order valence-corrected chi connectivity index (χ3v) is 23.1. The lowest BCUT2D eigenvalue weighted by Gasteiger charge is -2.28. The lowest BCUT2D eigenvalue weighted by molar-refractivity contribution is -0.144. The van der Waals surface area contributed by atoms with Crippen LogP contribution in [0.4, 0.5) is 17.5 Å². The fourth-order valence-corrected chi connectivity index (χ4v) is 17.5. The van der Waals surface area contributed by atoms with E-state index in [2.05, 4.69) is 103 Å². The van der Waals surface area contributed by atoms with E-state index in [-0.39, 0.29) is 30.1 Å². The van der Waals surface area contributed by atoms with E-state index >= 15 is 0 Å². The van der Waals surface area contributed by atoms with Crippen LogP contribution < -0.4 is 16.0 Å². The molecule has 3 saturated carbocycles. The molecule has 6 aliphatic heterocycles. The van der Waals surface area contributed by atoms with E-state index in [4.69, 9.17) is 29.2 Å². The average Bonchev–Trinajstić information content (AvgIpc) is 1.70. The summed E-state index contributed by atoms with van der Waals surface area (Å²) in [4.78, 5) is 61.7. The van der Waals surface area contributed by atoms with Gasteiger partial charge in [-0.05, 0) is 257 Å². The smallest absolute Gasteiger partial charge is 0.325 e. The molecule has 0 radical (unpaired) electrons. The van der Waals surface area contributed by atoms with Gasteiger partial charge in [0.1, 0.15) is 35.6 Å². The van der Waals surface area contributed by atoms with Crippen LogP contribution >= 0.6 is 0 Å². The maximum absolute atomic E-state index is 13.6. The molecule has 9 heterocycles. The molecular weight excluding hydrogens is 1250 g/mol. The Labute approximate surface area is 589 Å². The van der Waals surface area contributed by atoms with Gasteiger partial charge in [0.05, 0.1) is 18.3 Å². The number of hydrogen-bond acceptors (Lipinski definition) is 15. The summed E-state index contributed by atoms with van der Waals surface area (Å²) in [7, 11) is 0. The second-order valence-corrected chi connectivity index (χ2v) is 30.3. The van der Waals surface area contributed by atoms with Crippen molar-refractivity contribution in [1.82, 2.24) is 29.7 Å². The Morgan fingerprint density at radius 1 is 0.460 bits per heavy atom. The number of ether oxygens (including phenoxy) is 3. The van der Waals surface area contributed by atoms with Gasteiger partial charge in [-0.2, -0.15) is 0 Å². The molecule has 18 heteroatoms. The number of nitrogens with one attached hydrogen (secondary N) is 3. The van der Waals surface area contributed by atoms with Crippen LogP contribution in [0.3, 0.4) is 0 Å². The minimum atomic E-state index is -0.845. The molecule has 3 aromatic carbocycles. The van der Waals surface area contributed by atoms with Gasteiger partial charge >= 0.3 is 17.9 Å². The molecule has 3 unspecified atom stereocenters. The summed E-state index contributed by atoms with van der Waals surface area (Å²) in [6.45, 7) is 8.40. The average molecular weight is 1360 g/mol. The van der Waals surface area contributed by atoms with Crippen LogP contribution in [0.2, 0.25) is 0 Å². The van der Waals surface area contributed by atoms with Crippen LogP contribution in [0, 0.1) is 0 Å². The standard InChI is InChI=1S/C82H103N9O9/c92-80(93)74(89-39-33-61(49-89)98-42-7-1-2-15-58-29-25-54-13-10-36-83-77(54)86-58)67-19-4-3-18-66(67)71-48-70(71)57-28-32-65(53-23-24-53)73(46-57)76(82(96)97)91-41-35-63(51-91)100-44-9-6-17-60-47-69(68-20-12-38-85-79(68)88-60)56-27-31-64(52-21-22-52)72(45-56)75(81(94)95)90-40-34-62(50-90)99-43-8-5-16-59-30-26-55-14-11-37-84-78(55)87-59/h3-4,18-19,25-32,45-47,52-53,61-63,70-71,74-76H,1-2,5-17,20-24,33-44,48-51H2,(H,83,86)(H,84,87)(H,85,88)(H,92,93)(H,94,95)(H,96,97)/t61-,62+,63+,70?,71?,74?,75-,76+/m1/s1. The van der Waals surface area contributed by atoms with Crippen molar-refractivity contribution in [1.29, 1.82) is 0 Å². The summed E-state index contributed by atoms with van der Waals surface area (Å²) in [5.74, 6) is 1.55. The number of anilines is 3. The number of aliphatic carboxylic acids is 3. The van der Waals surface area contributed by atoms with Crippen LogP contribution in [0.5, 0.6) is 0 Å². The fourth-order valence-electron chi connectivity index (χ4n) is 17.5. The number of carbonyl (C=O) groups is 3. The van der Waals surface area contributed by atoms with Crippen LogP contribution in [-0.4, -0.2) is 160 Å². The van der Waals surface area contributed by atoms with Crippen LogP contribution in [0.15, 0.2) is 91.0 Å². The molecule has 6 N–H and O–H groups in total. The number of nitrogens with zero attached hydrogens (tertiary/aromatic N) is 6. The predicted octanol–water partition coefficient (Wildman–Crippen LogP) is 13.7. The molecule has 9 aliphatic rings. The Morgan fingerprint density at radius 2 is 0.940 bits per heavy atom. The highest BCUT2D eigenvalue weighted by molar-refractivity contribution is 5.80. The quantitative estimate of drug-likeness (QED) is 0.0211. The van der Waals surface area contributed by atoms with Gasteiger partial charge in [0, 0.05) is 101 Å². The van der Waals surface area contributed by atoms with Crippen molar-refractivity contribution < 1.29 is 43.9 Å². The van der Waals surface area contributed by atoms with Crippen molar-refractivity contribution >= 4 is 35.4 Å². The third kappa shape index (κ3) is 16.1. The zero-order chi connectivity index (χ0) is 68.1. The Bertz CT molecular complexity index is 3890. The summed E-state index contributed by atoms with van der Waals surface area (Å²) in [5.41, 5.74) is 16.4. The van der Waals surface area contributed by atoms with Gasteiger partial charge < -0.3 is 45.5 Å². The molecule has 15 rings (SSSR count). The van der Waals surface area contributed by atoms with Crippen molar-refractivity contribution in [2.45, 2.75) is 214 Å². The van der Waals surface area contributed by atoms with Crippen molar-refractivity contribution in [3.8, 4) is 11.1 Å². The number of pyridine rings is 3. The number of carboxylic acids is 3. The van der Waals surface area contributed by atoms with Crippen LogP contribution in [0.1, 0.15) is 230 Å². The van der Waals surface area contributed by atoms with Crippen molar-refractivity contribution in [3.63, 3.8) is 0 Å². The van der Waals surface area contributed by atoms with Crippen molar-refractivity contribution in [2.75, 3.05) is 94.7 Å². The highest BCUT2D eigenvalue weighted by Gasteiger charge is 2.46. The highest BCUT2D eigenvalue weighted by atomic mass is 16.5. The summed E-state index contributed by atoms with van der Waals surface area (Å²) < 4.78 is 19.4. The number of likely N-dealkylation sites (tertiary alicyclic amines) is 3. The van der Waals surface area contributed by atoms with Gasteiger partial charge in [-0.3, -0.25) is 29.1 Å². The summed E-state index contributed by atoms with van der Waals surface area (Å²) in [6, 6.07) is 30.0. The first kappa shape index (κ1) is 68.4. The van der Waals surface area contributed by atoms with Crippen molar-refractivity contribution in [2.24, 2.45) is 0 Å². The number of benzene rings is 3. The molecule has 3 aromatic heterocycles. The zero-order valence-electron chi connectivity index (χ0n) is 58.4. The number of carboxylic acid groups (broad SMARTS) is 3. The lowest BCUT2D eigenvalue weighted by atomic mass is 9.89. The zero-order valence-corrected chi connectivity index (χ0v) is 58.4. The lowest BCUT2D eigenvalue weighted by Crippen LogP contribution is -2.34. The Hall–Kier alpha value is -7.32. The van der Waals surface area contributed by atoms with E-state index < -0.39 is 36.0 Å². The van der Waals surface area contributed by atoms with Crippen molar-refractivity contribution in [3.05, 3.63) is 164 Å². The maximum Gasteiger partial charge on any atom is 0.325 e. The Kier molecular flexibility index (Phi) is 21.6. The summed E-state index contributed by atoms with van der Waals surface area (Å²) in [6.07, 6.45) is 23.2. The first-order valence-electron chi connectivity index (χ1n) is 38.4. The molecule has 3 saturated heterocycles. The van der Waals surface area contributed by atoms with E-state index in [0.29, 0.717) is 70.9 Å². The topological polar surface area (TPSA) is 224 Å². The summed E-state index contributed by atoms with van der Waals surface area (Å²) >= 11 is 0. The molecule has 0 bridgehead atoms. The molecule has 6 fully saturated rings. The van der Waals surface area contributed by atoms with E-state index in [1.54, 1.807) is 0 Å². The Morgan fingerprint density at radius 3 is 1.50 bits per heavy atom. The molecule has 530 valence electrons. The second-order valence-electron chi connectivity index (χ2n) is 30.3. The predicted molar refractivity (Wildman–Crippen MR) is 388 cm³/mol. The number of unbranched alkanes of at least 4 members (excludes halogenated alkanes) is 4. The molecule has 100 heavy (non-hydrogen) atoms. The van der Waals surface area contributed by atoms with E-state index in [1.165, 1.54) is 16.7 Å². The van der Waals surface area contributed by atoms with Gasteiger partial charge in [0.15, 0.2) is 0 Å². The number of rotatable bonds is 33. The molecule has 8 atom stereocenters. The molecular formula is C82H103N9O9. The number of fused-ring (bicyclic) bond motifs is 3. The fraction of sp³-hybridized carbons (Fsp3) is 0.561. The van der Waals surface area contributed by atoms with Gasteiger partial charge in [-0.25, -0.2) is 15.0 Å². The minimum Gasteiger partial charge on any atom is -0.480 e. The van der Waals surface area contributed by atoms with Gasteiger partial charge in [0.25, 0.3) is 0 Å². The molecule has 18 nitrogen and oxygen atoms in total. The first-order valence-corrected chi connectivity index (χ1v) is 38.4. The van der Waals surface area contributed by atoms with Gasteiger partial charge in [-0.1, -0.05) is 73.2 Å². The molecule has 0 amide bonds. The van der Waals surface area contributed by atoms with Crippen LogP contribution in [0.25, 0.3) is 11.1 Å². The monoisotopic (exact) mass is 1360 g/mol. The number of aromatic nitrogens is 3. The summed E-state index contributed by atoms with van der Waals surface area (Å²) in [5, 5.41) is 43.6. The third-order valence-electron chi connectivity index (χ3n) is 23.1. The molecule has 6 aromatic rings. The minimum absolute atomic E-state index is 0.00326. The highest BCUT2D eigenvalue weighted by Crippen LogP contribution is 2.58. The maximum atomic E-state index is 13.6. The molecule has 3 aliphatic carbocycles. The first-order chi connectivity index (χ1) is 49.0. The van der Waals surface area contributed by atoms with Crippen LogP contribution in [-0.2, 0) is 67.1 Å². The van der Waals surface area contributed by atoms with E-state index in [1.807, 2.05) is 18.2 Å². The largest absolute Gasteiger partial charge is 0.480 e. The SMILES string of the molecule is O=C(O)C(c1ccccc1C1CC1c1ccc(C2CC2)c([C@@H](C(=O)O)N2CC[C@H](OCCCCc3cc(-c4ccc(C5CC5)c([C@H](C(=O)O)N5CC[C@H](OCCCCc6ccc7c(n6)NCCC7)C5)c4)c4c(n3)NCCC4)C2)c1)N1CC[C@@H](OCCCCCc2ccc3c(n2)NCCC3)C1. The molecule has 0 spiro atoms.